The molecule has 0 aliphatic carbocycles. The Morgan fingerprint density at radius 2 is 1.79 bits per heavy atom. The number of aromatic nitrogens is 2. The standard InChI is InChI=1S/C20H16N4O4/c1-23-16-8-7-12(10-17(16)24(2)20(23)28)9-13(11-21)18(25)22-15-6-4-3-5-14(15)19(26)27/h3-10H,1-2H3,(H,22,25)(H,26,27)/b13-9+. The molecule has 8 nitrogen and oxygen atoms in total. The number of carbonyl (C=O) groups excluding carboxylic acids is 1. The van der Waals surface area contributed by atoms with Crippen LogP contribution < -0.4 is 11.0 Å². The molecule has 1 aromatic heterocycles. The molecule has 0 radical (unpaired) electrons. The van der Waals surface area contributed by atoms with E-state index < -0.39 is 11.9 Å². The molecule has 0 aliphatic rings. The van der Waals surface area contributed by atoms with E-state index in [4.69, 9.17) is 0 Å². The highest BCUT2D eigenvalue weighted by Crippen LogP contribution is 2.19. The maximum absolute atomic E-state index is 12.5. The van der Waals surface area contributed by atoms with Crippen molar-refractivity contribution >= 4 is 34.7 Å². The maximum Gasteiger partial charge on any atom is 0.337 e. The number of hydrogen-bond donors (Lipinski definition) is 2. The fourth-order valence-corrected chi connectivity index (χ4v) is 2.90. The van der Waals surface area contributed by atoms with Gasteiger partial charge in [-0.25, -0.2) is 9.59 Å². The molecule has 3 rings (SSSR count). The van der Waals surface area contributed by atoms with Gasteiger partial charge in [-0.3, -0.25) is 13.9 Å². The highest BCUT2D eigenvalue weighted by atomic mass is 16.4. The van der Waals surface area contributed by atoms with E-state index in [-0.39, 0.29) is 22.5 Å². The molecular weight excluding hydrogens is 360 g/mol. The van der Waals surface area contributed by atoms with Crippen LogP contribution in [0.3, 0.4) is 0 Å². The molecule has 0 aliphatic heterocycles. The van der Waals surface area contributed by atoms with Crippen LogP contribution >= 0.6 is 0 Å². The first-order chi connectivity index (χ1) is 13.3. The van der Waals surface area contributed by atoms with Crippen molar-refractivity contribution in [1.82, 2.24) is 9.13 Å². The zero-order chi connectivity index (χ0) is 20.4. The maximum atomic E-state index is 12.5. The van der Waals surface area contributed by atoms with Crippen LogP contribution in [0.15, 0.2) is 52.8 Å². The molecule has 0 spiro atoms. The van der Waals surface area contributed by atoms with Gasteiger partial charge in [0, 0.05) is 14.1 Å². The minimum Gasteiger partial charge on any atom is -0.478 e. The summed E-state index contributed by atoms with van der Waals surface area (Å²) in [6.45, 7) is 0. The number of aromatic carboxylic acids is 1. The smallest absolute Gasteiger partial charge is 0.337 e. The lowest BCUT2D eigenvalue weighted by atomic mass is 10.1. The summed E-state index contributed by atoms with van der Waals surface area (Å²) in [7, 11) is 3.30. The second kappa shape index (κ2) is 7.25. The van der Waals surface area contributed by atoms with E-state index in [0.29, 0.717) is 11.1 Å². The summed E-state index contributed by atoms with van der Waals surface area (Å²) in [5, 5.41) is 21.0. The van der Waals surface area contributed by atoms with Gasteiger partial charge < -0.3 is 10.4 Å². The Balaban J connectivity index is 1.96. The Labute approximate surface area is 159 Å². The predicted octanol–water partition coefficient (Wildman–Crippen LogP) is 2.12. The third kappa shape index (κ3) is 3.29. The quantitative estimate of drug-likeness (QED) is 0.534. The van der Waals surface area contributed by atoms with Crippen LogP contribution in [-0.4, -0.2) is 26.1 Å². The molecule has 0 bridgehead atoms. The van der Waals surface area contributed by atoms with Gasteiger partial charge in [0.25, 0.3) is 5.91 Å². The van der Waals surface area contributed by atoms with Gasteiger partial charge in [-0.2, -0.15) is 5.26 Å². The second-order valence-electron chi connectivity index (χ2n) is 6.12. The zero-order valence-corrected chi connectivity index (χ0v) is 15.1. The molecule has 2 N–H and O–H groups in total. The number of carbonyl (C=O) groups is 2. The fourth-order valence-electron chi connectivity index (χ4n) is 2.90. The van der Waals surface area contributed by atoms with Gasteiger partial charge in [-0.05, 0) is 35.9 Å². The minimum atomic E-state index is -1.19. The van der Waals surface area contributed by atoms with Gasteiger partial charge in [-0.1, -0.05) is 18.2 Å². The zero-order valence-electron chi connectivity index (χ0n) is 15.1. The lowest BCUT2D eigenvalue weighted by molar-refractivity contribution is -0.112. The molecule has 0 saturated carbocycles. The number of imidazole rings is 1. The molecule has 1 amide bonds. The molecule has 28 heavy (non-hydrogen) atoms. The topological polar surface area (TPSA) is 117 Å². The monoisotopic (exact) mass is 376 g/mol. The fraction of sp³-hybridized carbons (Fsp3) is 0.100. The molecule has 1 heterocycles. The number of nitrogens with one attached hydrogen (secondary N) is 1. The normalized spacial score (nSPS) is 11.2. The Kier molecular flexibility index (Phi) is 4.83. The number of hydrogen-bond acceptors (Lipinski definition) is 4. The van der Waals surface area contributed by atoms with Crippen LogP contribution in [0.2, 0.25) is 0 Å². The molecule has 3 aromatic rings. The Morgan fingerprint density at radius 1 is 1.11 bits per heavy atom. The highest BCUT2D eigenvalue weighted by molar-refractivity contribution is 6.11. The van der Waals surface area contributed by atoms with Crippen molar-refractivity contribution in [3.8, 4) is 6.07 Å². The van der Waals surface area contributed by atoms with Gasteiger partial charge in [0.05, 0.1) is 22.3 Å². The lowest BCUT2D eigenvalue weighted by Crippen LogP contribution is -2.19. The van der Waals surface area contributed by atoms with E-state index in [1.807, 2.05) is 6.07 Å². The van der Waals surface area contributed by atoms with Crippen LogP contribution in [0.25, 0.3) is 17.1 Å². The second-order valence-corrected chi connectivity index (χ2v) is 6.12. The number of nitrogens with zero attached hydrogens (tertiary/aromatic N) is 3. The number of carboxylic acid groups (broad SMARTS) is 1. The summed E-state index contributed by atoms with van der Waals surface area (Å²) >= 11 is 0. The van der Waals surface area contributed by atoms with Crippen LogP contribution in [0.4, 0.5) is 5.69 Å². The summed E-state index contributed by atoms with van der Waals surface area (Å²) < 4.78 is 2.98. The average molecular weight is 376 g/mol. The van der Waals surface area contributed by atoms with Gasteiger partial charge in [0.15, 0.2) is 0 Å². The van der Waals surface area contributed by atoms with Crippen molar-refractivity contribution in [1.29, 1.82) is 5.26 Å². The van der Waals surface area contributed by atoms with Crippen molar-refractivity contribution in [2.75, 3.05) is 5.32 Å². The summed E-state index contributed by atoms with van der Waals surface area (Å²) in [4.78, 5) is 35.7. The SMILES string of the molecule is Cn1c(=O)n(C)c2cc(/C=C(\C#N)C(=O)Nc3ccccc3C(=O)O)ccc21. The summed E-state index contributed by atoms with van der Waals surface area (Å²) in [5.74, 6) is -1.91. The summed E-state index contributed by atoms with van der Waals surface area (Å²) in [6.07, 6.45) is 1.38. The number of nitriles is 1. The first-order valence-electron chi connectivity index (χ1n) is 8.24. The number of carboxylic acids is 1. The van der Waals surface area contributed by atoms with E-state index in [2.05, 4.69) is 5.32 Å². The largest absolute Gasteiger partial charge is 0.478 e. The minimum absolute atomic E-state index is 0.0751. The van der Waals surface area contributed by atoms with Gasteiger partial charge in [-0.15, -0.1) is 0 Å². The van der Waals surface area contributed by atoms with E-state index in [1.54, 1.807) is 44.4 Å². The molecule has 0 unspecified atom stereocenters. The molecule has 0 atom stereocenters. The van der Waals surface area contributed by atoms with Crippen molar-refractivity contribution in [3.05, 3.63) is 69.6 Å². The van der Waals surface area contributed by atoms with Crippen molar-refractivity contribution in [3.63, 3.8) is 0 Å². The highest BCUT2D eigenvalue weighted by Gasteiger charge is 2.15. The van der Waals surface area contributed by atoms with Crippen LogP contribution in [0.1, 0.15) is 15.9 Å². The average Bonchev–Trinajstić information content (AvgIpc) is 2.90. The Bertz CT molecular complexity index is 1240. The van der Waals surface area contributed by atoms with E-state index >= 15 is 0 Å². The molecular formula is C20H16N4O4. The number of amides is 1. The number of rotatable bonds is 4. The first-order valence-corrected chi connectivity index (χ1v) is 8.24. The third-order valence-electron chi connectivity index (χ3n) is 4.38. The summed E-state index contributed by atoms with van der Waals surface area (Å²) in [6, 6.07) is 12.9. The Morgan fingerprint density at radius 3 is 2.46 bits per heavy atom. The van der Waals surface area contributed by atoms with Crippen molar-refractivity contribution in [2.45, 2.75) is 0 Å². The molecule has 2 aromatic carbocycles. The van der Waals surface area contributed by atoms with Crippen molar-refractivity contribution < 1.29 is 14.7 Å². The van der Waals surface area contributed by atoms with Crippen LogP contribution in [0, 0.1) is 11.3 Å². The molecule has 0 saturated heterocycles. The molecule has 8 heteroatoms. The van der Waals surface area contributed by atoms with E-state index in [9.17, 15) is 24.8 Å². The van der Waals surface area contributed by atoms with Gasteiger partial charge in [0.1, 0.15) is 11.6 Å². The van der Waals surface area contributed by atoms with E-state index in [0.717, 1.165) is 5.52 Å². The number of anilines is 1. The lowest BCUT2D eigenvalue weighted by Gasteiger charge is -2.07. The number of para-hydroxylation sites is 1. The molecule has 0 fully saturated rings. The Hall–Kier alpha value is -4.12. The first kappa shape index (κ1) is 18.7. The van der Waals surface area contributed by atoms with E-state index in [1.165, 1.54) is 27.3 Å². The van der Waals surface area contributed by atoms with Gasteiger partial charge >= 0.3 is 11.7 Å². The van der Waals surface area contributed by atoms with Crippen LogP contribution in [0.5, 0.6) is 0 Å². The predicted molar refractivity (Wildman–Crippen MR) is 104 cm³/mol. The number of aryl methyl sites for hydroxylation is 2. The van der Waals surface area contributed by atoms with Crippen LogP contribution in [-0.2, 0) is 18.9 Å². The number of benzene rings is 2. The third-order valence-corrected chi connectivity index (χ3v) is 4.38. The number of fused-ring (bicyclic) bond motifs is 1. The van der Waals surface area contributed by atoms with Crippen molar-refractivity contribution in [2.24, 2.45) is 14.1 Å². The van der Waals surface area contributed by atoms with Gasteiger partial charge in [0.2, 0.25) is 0 Å². The summed E-state index contributed by atoms with van der Waals surface area (Å²) in [5.41, 5.74) is 1.60. The molecule has 140 valence electrons.